The highest BCUT2D eigenvalue weighted by atomic mass is 32.2. The zero-order valence-corrected chi connectivity index (χ0v) is 22.5. The van der Waals surface area contributed by atoms with Gasteiger partial charge in [0.15, 0.2) is 5.82 Å². The SMILES string of the molecule is C(=NNc1cc(N2CCOCC2)nc(N2CCOCC2)n1)c1ccccc1.Cc1ccc(S(=O)(=O)O)cc1.O. The van der Waals surface area contributed by atoms with Crippen LogP contribution >= 0.6 is 0 Å². The lowest BCUT2D eigenvalue weighted by atomic mass is 10.2. The van der Waals surface area contributed by atoms with Crippen LogP contribution in [-0.2, 0) is 19.6 Å². The van der Waals surface area contributed by atoms with Gasteiger partial charge in [-0.25, -0.2) is 0 Å². The molecule has 0 amide bonds. The van der Waals surface area contributed by atoms with Gasteiger partial charge in [-0.2, -0.15) is 23.5 Å². The molecule has 2 aliphatic rings. The van der Waals surface area contributed by atoms with Gasteiger partial charge in [0.05, 0.1) is 37.5 Å². The van der Waals surface area contributed by atoms with E-state index in [1.165, 1.54) is 12.1 Å². The maximum atomic E-state index is 10.5. The Kier molecular flexibility index (Phi) is 11.1. The van der Waals surface area contributed by atoms with E-state index >= 15 is 0 Å². The monoisotopic (exact) mass is 558 g/mol. The van der Waals surface area contributed by atoms with Crippen LogP contribution in [0.25, 0.3) is 0 Å². The van der Waals surface area contributed by atoms with Crippen molar-refractivity contribution in [2.75, 3.05) is 67.8 Å². The lowest BCUT2D eigenvalue weighted by molar-refractivity contribution is 0.121. The van der Waals surface area contributed by atoms with E-state index in [1.807, 2.05) is 43.3 Å². The molecular formula is C26H34N6O6S. The largest absolute Gasteiger partial charge is 0.412 e. The second kappa shape index (κ2) is 14.5. The molecule has 0 spiro atoms. The predicted octanol–water partition coefficient (Wildman–Crippen LogP) is 2.01. The molecule has 0 atom stereocenters. The molecule has 0 saturated carbocycles. The van der Waals surface area contributed by atoms with Gasteiger partial charge in [-0.1, -0.05) is 48.0 Å². The Bertz CT molecular complexity index is 1260. The Hall–Kier alpha value is -3.62. The van der Waals surface area contributed by atoms with E-state index in [0.29, 0.717) is 38.2 Å². The number of hydrogen-bond acceptors (Lipinski definition) is 10. The second-order valence-corrected chi connectivity index (χ2v) is 10.1. The molecule has 2 fully saturated rings. The van der Waals surface area contributed by atoms with Crippen LogP contribution in [0.2, 0.25) is 0 Å². The summed E-state index contributed by atoms with van der Waals surface area (Å²) < 4.78 is 40.5. The highest BCUT2D eigenvalue weighted by Crippen LogP contribution is 2.22. The molecular weight excluding hydrogens is 524 g/mol. The van der Waals surface area contributed by atoms with E-state index in [9.17, 15) is 8.42 Å². The van der Waals surface area contributed by atoms with Gasteiger partial charge in [0.25, 0.3) is 10.1 Å². The van der Waals surface area contributed by atoms with Crippen LogP contribution in [0.5, 0.6) is 0 Å². The van der Waals surface area contributed by atoms with Gasteiger partial charge in [-0.05, 0) is 24.6 Å². The summed E-state index contributed by atoms with van der Waals surface area (Å²) in [5, 5.41) is 4.33. The summed E-state index contributed by atoms with van der Waals surface area (Å²) in [5.74, 6) is 2.28. The van der Waals surface area contributed by atoms with E-state index in [1.54, 1.807) is 18.3 Å². The molecule has 0 bridgehead atoms. The minimum Gasteiger partial charge on any atom is -0.412 e. The number of ether oxygens (including phenoxy) is 2. The first kappa shape index (κ1) is 29.9. The standard InChI is InChI=1S/C19H24N6O2.C7H8O3S.H2O/c1-2-4-16(5-3-1)15-20-23-17-14-18(24-6-10-26-11-7-24)22-19(21-17)25-8-12-27-13-9-25;1-6-2-4-7(5-3-6)11(8,9)10;/h1-5,14-15H,6-13H2,(H,21,22,23);2-5H,1H3,(H,8,9,10);1H2. The Morgan fingerprint density at radius 3 is 2.08 bits per heavy atom. The summed E-state index contributed by atoms with van der Waals surface area (Å²) in [6.45, 7) is 7.89. The number of aromatic nitrogens is 2. The molecule has 1 aromatic heterocycles. The van der Waals surface area contributed by atoms with Crippen molar-refractivity contribution in [3.8, 4) is 0 Å². The number of aryl methyl sites for hydroxylation is 1. The molecule has 39 heavy (non-hydrogen) atoms. The van der Waals surface area contributed by atoms with Crippen LogP contribution < -0.4 is 15.2 Å². The molecule has 3 aromatic rings. The van der Waals surface area contributed by atoms with Gasteiger partial charge in [0.2, 0.25) is 5.95 Å². The maximum absolute atomic E-state index is 10.5. The van der Waals surface area contributed by atoms with Gasteiger partial charge >= 0.3 is 0 Å². The van der Waals surface area contributed by atoms with Crippen molar-refractivity contribution < 1.29 is 27.9 Å². The Morgan fingerprint density at radius 2 is 1.49 bits per heavy atom. The molecule has 210 valence electrons. The zero-order valence-electron chi connectivity index (χ0n) is 21.7. The fourth-order valence-electron chi connectivity index (χ4n) is 3.76. The van der Waals surface area contributed by atoms with Gasteiger partial charge in [0, 0.05) is 32.2 Å². The van der Waals surface area contributed by atoms with E-state index < -0.39 is 10.1 Å². The van der Waals surface area contributed by atoms with Gasteiger partial charge in [-0.3, -0.25) is 9.98 Å². The van der Waals surface area contributed by atoms with Crippen molar-refractivity contribution >= 4 is 33.9 Å². The molecule has 2 aliphatic heterocycles. The van der Waals surface area contributed by atoms with Crippen molar-refractivity contribution in [2.24, 2.45) is 5.10 Å². The highest BCUT2D eigenvalue weighted by Gasteiger charge is 2.19. The maximum Gasteiger partial charge on any atom is 0.294 e. The van der Waals surface area contributed by atoms with Gasteiger partial charge < -0.3 is 24.7 Å². The quantitative estimate of drug-likeness (QED) is 0.260. The number of rotatable bonds is 6. The molecule has 4 N–H and O–H groups in total. The number of nitrogens with zero attached hydrogens (tertiary/aromatic N) is 5. The summed E-state index contributed by atoms with van der Waals surface area (Å²) in [4.78, 5) is 13.8. The number of anilines is 3. The Morgan fingerprint density at radius 1 is 0.897 bits per heavy atom. The van der Waals surface area contributed by atoms with Crippen molar-refractivity contribution in [2.45, 2.75) is 11.8 Å². The molecule has 0 radical (unpaired) electrons. The number of benzene rings is 2. The van der Waals surface area contributed by atoms with E-state index in [4.69, 9.17) is 19.0 Å². The van der Waals surface area contributed by atoms with Crippen molar-refractivity contribution in [3.05, 3.63) is 71.8 Å². The van der Waals surface area contributed by atoms with Crippen LogP contribution in [-0.4, -0.2) is 87.2 Å². The van der Waals surface area contributed by atoms with E-state index in [2.05, 4.69) is 25.3 Å². The van der Waals surface area contributed by atoms with Crippen LogP contribution in [0.1, 0.15) is 11.1 Å². The minimum atomic E-state index is -4.02. The molecule has 2 aromatic carbocycles. The first-order valence-corrected chi connectivity index (χ1v) is 13.8. The smallest absolute Gasteiger partial charge is 0.294 e. The Balaban J connectivity index is 0.000000297. The number of morpholine rings is 2. The molecule has 5 rings (SSSR count). The first-order valence-electron chi connectivity index (χ1n) is 12.3. The second-order valence-electron chi connectivity index (χ2n) is 8.68. The van der Waals surface area contributed by atoms with Crippen LogP contribution in [0.4, 0.5) is 17.6 Å². The third kappa shape index (κ3) is 9.26. The Labute approximate surface area is 228 Å². The average Bonchev–Trinajstić information content (AvgIpc) is 2.95. The zero-order chi connectivity index (χ0) is 26.8. The van der Waals surface area contributed by atoms with Crippen LogP contribution in [0.3, 0.4) is 0 Å². The summed E-state index contributed by atoms with van der Waals surface area (Å²) in [6.07, 6.45) is 1.78. The van der Waals surface area contributed by atoms with Crippen molar-refractivity contribution in [1.82, 2.24) is 9.97 Å². The van der Waals surface area contributed by atoms with Gasteiger partial charge in [-0.15, -0.1) is 0 Å². The molecule has 2 saturated heterocycles. The number of hydrogen-bond donors (Lipinski definition) is 2. The number of nitrogens with one attached hydrogen (secondary N) is 1. The van der Waals surface area contributed by atoms with E-state index in [-0.39, 0.29) is 10.4 Å². The molecule has 3 heterocycles. The lowest BCUT2D eigenvalue weighted by Gasteiger charge is -2.31. The van der Waals surface area contributed by atoms with Crippen molar-refractivity contribution in [3.63, 3.8) is 0 Å². The predicted molar refractivity (Wildman–Crippen MR) is 150 cm³/mol. The summed E-state index contributed by atoms with van der Waals surface area (Å²) in [7, 11) is -4.02. The van der Waals surface area contributed by atoms with E-state index in [0.717, 1.165) is 43.1 Å². The molecule has 0 aliphatic carbocycles. The topological polar surface area (TPSA) is 161 Å². The normalized spacial score (nSPS) is 15.7. The van der Waals surface area contributed by atoms with Gasteiger partial charge in [0.1, 0.15) is 5.82 Å². The molecule has 0 unspecified atom stereocenters. The average molecular weight is 559 g/mol. The summed E-state index contributed by atoms with van der Waals surface area (Å²) in [6, 6.07) is 17.9. The molecule has 12 nitrogen and oxygen atoms in total. The van der Waals surface area contributed by atoms with Crippen LogP contribution in [0.15, 0.2) is 70.7 Å². The highest BCUT2D eigenvalue weighted by molar-refractivity contribution is 7.85. The molecule has 13 heteroatoms. The first-order chi connectivity index (χ1) is 18.4. The third-order valence-corrected chi connectivity index (χ3v) is 6.71. The lowest BCUT2D eigenvalue weighted by Crippen LogP contribution is -2.39. The van der Waals surface area contributed by atoms with Crippen LogP contribution in [0, 0.1) is 6.92 Å². The minimum absolute atomic E-state index is 0. The fourth-order valence-corrected chi connectivity index (χ4v) is 4.24. The fraction of sp³-hybridized carbons (Fsp3) is 0.346. The summed E-state index contributed by atoms with van der Waals surface area (Å²) >= 11 is 0. The number of hydrazone groups is 1. The summed E-state index contributed by atoms with van der Waals surface area (Å²) in [5.41, 5.74) is 5.04. The third-order valence-electron chi connectivity index (χ3n) is 5.84. The van der Waals surface area contributed by atoms with Crippen molar-refractivity contribution in [1.29, 1.82) is 0 Å².